The van der Waals surface area contributed by atoms with Crippen LogP contribution in [-0.4, -0.2) is 14.8 Å². The van der Waals surface area contributed by atoms with Crippen LogP contribution in [0, 0.1) is 5.82 Å². The molecule has 2 aromatic rings. The summed E-state index contributed by atoms with van der Waals surface area (Å²) in [6.07, 6.45) is 5.68. The van der Waals surface area contributed by atoms with Crippen molar-refractivity contribution in [2.24, 2.45) is 5.73 Å². The summed E-state index contributed by atoms with van der Waals surface area (Å²) in [5.41, 5.74) is 5.79. The SMILES string of the molecule is CCCn1cc(Oc2nccc(CN)c2F)cn1. The monoisotopic (exact) mass is 250 g/mol. The van der Waals surface area contributed by atoms with Crippen molar-refractivity contribution >= 4 is 0 Å². The largest absolute Gasteiger partial charge is 0.433 e. The lowest BCUT2D eigenvalue weighted by molar-refractivity contribution is 0.418. The average molecular weight is 250 g/mol. The lowest BCUT2D eigenvalue weighted by Crippen LogP contribution is -2.02. The molecule has 0 aliphatic heterocycles. The zero-order valence-electron chi connectivity index (χ0n) is 10.1. The molecule has 0 amide bonds. The van der Waals surface area contributed by atoms with E-state index < -0.39 is 5.82 Å². The number of halogens is 1. The van der Waals surface area contributed by atoms with Crippen molar-refractivity contribution in [3.05, 3.63) is 36.0 Å². The number of aryl methyl sites for hydroxylation is 1. The van der Waals surface area contributed by atoms with E-state index in [9.17, 15) is 4.39 Å². The average Bonchev–Trinajstić information content (AvgIpc) is 2.80. The molecule has 96 valence electrons. The Morgan fingerprint density at radius 2 is 2.33 bits per heavy atom. The summed E-state index contributed by atoms with van der Waals surface area (Å²) in [6.45, 7) is 2.95. The first-order chi connectivity index (χ1) is 8.74. The number of aromatic nitrogens is 3. The Labute approximate surface area is 104 Å². The van der Waals surface area contributed by atoms with Gasteiger partial charge in [-0.3, -0.25) is 4.68 Å². The Bertz CT molecular complexity index is 527. The first-order valence-corrected chi connectivity index (χ1v) is 5.78. The minimum Gasteiger partial charge on any atom is -0.433 e. The maximum absolute atomic E-state index is 13.8. The van der Waals surface area contributed by atoms with Gasteiger partial charge in [0.15, 0.2) is 11.6 Å². The standard InChI is InChI=1S/C12H15FN4O/c1-2-5-17-8-10(7-16-17)18-12-11(13)9(6-14)3-4-15-12/h3-4,7-8H,2,5-6,14H2,1H3. The molecule has 0 unspecified atom stereocenters. The smallest absolute Gasteiger partial charge is 0.256 e. The number of pyridine rings is 1. The van der Waals surface area contributed by atoms with E-state index in [0.29, 0.717) is 11.3 Å². The first kappa shape index (κ1) is 12.5. The molecule has 2 rings (SSSR count). The number of hydrogen-bond donors (Lipinski definition) is 1. The van der Waals surface area contributed by atoms with Crippen molar-refractivity contribution < 1.29 is 9.13 Å². The molecule has 0 aliphatic rings. The van der Waals surface area contributed by atoms with Crippen LogP contribution in [0.15, 0.2) is 24.7 Å². The highest BCUT2D eigenvalue weighted by Crippen LogP contribution is 2.23. The molecule has 0 saturated carbocycles. The van der Waals surface area contributed by atoms with E-state index in [1.54, 1.807) is 10.9 Å². The fourth-order valence-electron chi connectivity index (χ4n) is 1.55. The van der Waals surface area contributed by atoms with E-state index in [1.807, 2.05) is 6.92 Å². The van der Waals surface area contributed by atoms with E-state index in [-0.39, 0.29) is 12.4 Å². The molecule has 0 bridgehead atoms. The fourth-order valence-corrected chi connectivity index (χ4v) is 1.55. The van der Waals surface area contributed by atoms with Gasteiger partial charge in [-0.25, -0.2) is 9.37 Å². The molecule has 0 radical (unpaired) electrons. The molecule has 0 atom stereocenters. The molecule has 5 nitrogen and oxygen atoms in total. The van der Waals surface area contributed by atoms with Crippen molar-refractivity contribution in [1.29, 1.82) is 0 Å². The number of nitrogens with two attached hydrogens (primary N) is 1. The molecule has 2 aromatic heterocycles. The summed E-state index contributed by atoms with van der Waals surface area (Å²) in [5.74, 6) is -0.138. The Morgan fingerprint density at radius 1 is 1.50 bits per heavy atom. The molecule has 0 spiro atoms. The van der Waals surface area contributed by atoms with Gasteiger partial charge in [0.1, 0.15) is 0 Å². The molecule has 0 saturated heterocycles. The van der Waals surface area contributed by atoms with Crippen LogP contribution in [-0.2, 0) is 13.1 Å². The van der Waals surface area contributed by atoms with Gasteiger partial charge in [-0.15, -0.1) is 0 Å². The third-order valence-electron chi connectivity index (χ3n) is 2.43. The Kier molecular flexibility index (Phi) is 3.88. The van der Waals surface area contributed by atoms with Crippen LogP contribution in [0.2, 0.25) is 0 Å². The van der Waals surface area contributed by atoms with Gasteiger partial charge >= 0.3 is 0 Å². The van der Waals surface area contributed by atoms with Gasteiger partial charge in [0, 0.05) is 24.8 Å². The van der Waals surface area contributed by atoms with Crippen molar-refractivity contribution in [3.8, 4) is 11.6 Å². The second-order valence-corrected chi connectivity index (χ2v) is 3.83. The predicted octanol–water partition coefficient (Wildman–Crippen LogP) is 2.08. The minimum atomic E-state index is -0.525. The van der Waals surface area contributed by atoms with Gasteiger partial charge in [-0.1, -0.05) is 6.92 Å². The quantitative estimate of drug-likeness (QED) is 0.882. The van der Waals surface area contributed by atoms with Gasteiger partial charge in [0.2, 0.25) is 0 Å². The molecule has 18 heavy (non-hydrogen) atoms. The van der Waals surface area contributed by atoms with Gasteiger partial charge in [0.05, 0.1) is 12.4 Å². The van der Waals surface area contributed by atoms with E-state index in [2.05, 4.69) is 10.1 Å². The Morgan fingerprint density at radius 3 is 3.06 bits per heavy atom. The second-order valence-electron chi connectivity index (χ2n) is 3.83. The van der Waals surface area contributed by atoms with Crippen molar-refractivity contribution in [2.45, 2.75) is 26.4 Å². The zero-order chi connectivity index (χ0) is 13.0. The normalized spacial score (nSPS) is 10.6. The maximum Gasteiger partial charge on any atom is 0.256 e. The third kappa shape index (κ3) is 2.65. The lowest BCUT2D eigenvalue weighted by atomic mass is 10.2. The summed E-state index contributed by atoms with van der Waals surface area (Å²) >= 11 is 0. The summed E-state index contributed by atoms with van der Waals surface area (Å²) in [5, 5.41) is 4.09. The Hall–Kier alpha value is -1.95. The van der Waals surface area contributed by atoms with Crippen LogP contribution in [0.25, 0.3) is 0 Å². The summed E-state index contributed by atoms with van der Waals surface area (Å²) in [7, 11) is 0. The van der Waals surface area contributed by atoms with Crippen LogP contribution in [0.5, 0.6) is 11.6 Å². The van der Waals surface area contributed by atoms with Crippen LogP contribution >= 0.6 is 0 Å². The van der Waals surface area contributed by atoms with Crippen LogP contribution in [0.1, 0.15) is 18.9 Å². The van der Waals surface area contributed by atoms with E-state index in [1.165, 1.54) is 18.5 Å². The van der Waals surface area contributed by atoms with Crippen molar-refractivity contribution in [2.75, 3.05) is 0 Å². The highest BCUT2D eigenvalue weighted by atomic mass is 19.1. The summed E-state index contributed by atoms with van der Waals surface area (Å²) in [4.78, 5) is 3.85. The van der Waals surface area contributed by atoms with Crippen molar-refractivity contribution in [3.63, 3.8) is 0 Å². The predicted molar refractivity (Wildman–Crippen MR) is 64.7 cm³/mol. The fraction of sp³-hybridized carbons (Fsp3) is 0.333. The third-order valence-corrected chi connectivity index (χ3v) is 2.43. The van der Waals surface area contributed by atoms with Gasteiger partial charge in [-0.05, 0) is 12.5 Å². The topological polar surface area (TPSA) is 66.0 Å². The number of rotatable bonds is 5. The Balaban J connectivity index is 2.17. The molecule has 2 N–H and O–H groups in total. The molecular weight excluding hydrogens is 235 g/mol. The van der Waals surface area contributed by atoms with E-state index in [0.717, 1.165) is 13.0 Å². The van der Waals surface area contributed by atoms with Crippen LogP contribution in [0.3, 0.4) is 0 Å². The molecule has 0 aliphatic carbocycles. The zero-order valence-corrected chi connectivity index (χ0v) is 10.1. The number of ether oxygens (including phenoxy) is 1. The molecule has 6 heteroatoms. The maximum atomic E-state index is 13.8. The van der Waals surface area contributed by atoms with Gasteiger partial charge in [-0.2, -0.15) is 5.10 Å². The highest BCUT2D eigenvalue weighted by molar-refractivity contribution is 5.27. The summed E-state index contributed by atoms with van der Waals surface area (Å²) < 4.78 is 20.9. The van der Waals surface area contributed by atoms with Gasteiger partial charge in [0.25, 0.3) is 5.88 Å². The molecular formula is C12H15FN4O. The highest BCUT2D eigenvalue weighted by Gasteiger charge is 2.11. The number of nitrogens with zero attached hydrogens (tertiary/aromatic N) is 3. The summed E-state index contributed by atoms with van der Waals surface area (Å²) in [6, 6.07) is 1.53. The van der Waals surface area contributed by atoms with E-state index >= 15 is 0 Å². The second kappa shape index (κ2) is 5.59. The lowest BCUT2D eigenvalue weighted by Gasteiger charge is -2.05. The van der Waals surface area contributed by atoms with Crippen LogP contribution in [0.4, 0.5) is 4.39 Å². The van der Waals surface area contributed by atoms with Crippen LogP contribution < -0.4 is 10.5 Å². The minimum absolute atomic E-state index is 0.0750. The number of hydrogen-bond acceptors (Lipinski definition) is 4. The van der Waals surface area contributed by atoms with E-state index in [4.69, 9.17) is 10.5 Å². The molecule has 0 aromatic carbocycles. The van der Waals surface area contributed by atoms with Crippen molar-refractivity contribution in [1.82, 2.24) is 14.8 Å². The molecule has 2 heterocycles. The van der Waals surface area contributed by atoms with Gasteiger partial charge < -0.3 is 10.5 Å². The molecule has 0 fully saturated rings. The first-order valence-electron chi connectivity index (χ1n) is 5.78.